The molecule has 2 aromatic carbocycles. The molecule has 8 nitrogen and oxygen atoms in total. The minimum absolute atomic E-state index is 0.224. The number of nitrogens with one attached hydrogen (secondary N) is 1. The van der Waals surface area contributed by atoms with Gasteiger partial charge >= 0.3 is 0 Å². The minimum Gasteiger partial charge on any atom is -0.497 e. The molecule has 1 atom stereocenters. The van der Waals surface area contributed by atoms with Gasteiger partial charge in [0.05, 0.1) is 29.0 Å². The lowest BCUT2D eigenvalue weighted by molar-refractivity contribution is -0.113. The highest BCUT2D eigenvalue weighted by Gasteiger charge is 2.32. The van der Waals surface area contributed by atoms with Crippen molar-refractivity contribution in [3.63, 3.8) is 0 Å². The number of furan rings is 1. The summed E-state index contributed by atoms with van der Waals surface area (Å²) in [5, 5.41) is 2.97. The van der Waals surface area contributed by atoms with E-state index in [-0.39, 0.29) is 11.5 Å². The van der Waals surface area contributed by atoms with Gasteiger partial charge in [0.15, 0.2) is 10.7 Å². The Kier molecular flexibility index (Phi) is 7.13. The summed E-state index contributed by atoms with van der Waals surface area (Å²) in [5.74, 6) is 1.82. The van der Waals surface area contributed by atoms with E-state index in [2.05, 4.69) is 10.2 Å². The number of methoxy groups -OCH3 is 1. The fourth-order valence-electron chi connectivity index (χ4n) is 5.27. The van der Waals surface area contributed by atoms with Crippen LogP contribution in [0.3, 0.4) is 0 Å². The second-order valence-electron chi connectivity index (χ2n) is 9.90. The van der Waals surface area contributed by atoms with Gasteiger partial charge in [0.2, 0.25) is 0 Å². The summed E-state index contributed by atoms with van der Waals surface area (Å²) in [6, 6.07) is 19.9. The Labute approximate surface area is 235 Å². The molecule has 0 aliphatic carbocycles. The zero-order valence-corrected chi connectivity index (χ0v) is 23.2. The van der Waals surface area contributed by atoms with Gasteiger partial charge in [0.1, 0.15) is 11.5 Å². The van der Waals surface area contributed by atoms with E-state index in [0.717, 1.165) is 37.4 Å². The van der Waals surface area contributed by atoms with Crippen molar-refractivity contribution in [1.29, 1.82) is 0 Å². The molecule has 1 amide bonds. The largest absolute Gasteiger partial charge is 0.497 e. The molecule has 0 bridgehead atoms. The second kappa shape index (κ2) is 11.0. The Balaban J connectivity index is 1.43. The van der Waals surface area contributed by atoms with Crippen LogP contribution in [0, 0.1) is 0 Å². The van der Waals surface area contributed by atoms with E-state index in [1.54, 1.807) is 17.8 Å². The summed E-state index contributed by atoms with van der Waals surface area (Å²) in [6.07, 6.45) is 5.32. The number of carbonyl (C=O) groups excluding carboxylic acids is 1. The summed E-state index contributed by atoms with van der Waals surface area (Å²) in [7, 11) is 1.60. The molecule has 0 radical (unpaired) electrons. The zero-order valence-electron chi connectivity index (χ0n) is 22.4. The summed E-state index contributed by atoms with van der Waals surface area (Å²) in [6.45, 7) is 3.76. The fraction of sp³-hybridized carbons (Fsp3) is 0.258. The molecule has 204 valence electrons. The van der Waals surface area contributed by atoms with E-state index >= 15 is 0 Å². The summed E-state index contributed by atoms with van der Waals surface area (Å²) in [5.41, 5.74) is 2.20. The highest BCUT2D eigenvalue weighted by Crippen LogP contribution is 2.32. The number of thiazole rings is 1. The van der Waals surface area contributed by atoms with Crippen molar-refractivity contribution in [2.75, 3.05) is 30.4 Å². The number of fused-ring (bicyclic) bond motifs is 1. The number of carbonyl (C=O) groups is 1. The normalized spacial score (nSPS) is 17.4. The molecule has 2 aliphatic rings. The molecule has 0 saturated carbocycles. The number of allylic oxidation sites excluding steroid dienone is 1. The van der Waals surface area contributed by atoms with Crippen LogP contribution < -0.4 is 29.8 Å². The molecule has 40 heavy (non-hydrogen) atoms. The number of ether oxygens (including phenoxy) is 1. The molecule has 2 aromatic heterocycles. The lowest BCUT2D eigenvalue weighted by atomic mass is 9.95. The first-order valence-electron chi connectivity index (χ1n) is 13.4. The average Bonchev–Trinajstić information content (AvgIpc) is 3.57. The Morgan fingerprint density at radius 2 is 1.80 bits per heavy atom. The lowest BCUT2D eigenvalue weighted by Crippen LogP contribution is -2.40. The van der Waals surface area contributed by atoms with Crippen molar-refractivity contribution < 1.29 is 13.9 Å². The number of anilines is 2. The molecule has 4 aromatic rings. The highest BCUT2D eigenvalue weighted by molar-refractivity contribution is 7.07. The number of aromatic nitrogens is 1. The maximum Gasteiger partial charge on any atom is 0.271 e. The van der Waals surface area contributed by atoms with Crippen molar-refractivity contribution >= 4 is 34.9 Å². The van der Waals surface area contributed by atoms with Crippen LogP contribution in [0.4, 0.5) is 11.6 Å². The standard InChI is InChI=1S/C31H30N4O4S/c1-20-27(29(36)33-22-9-5-3-6-10-22)28(21-11-13-23(38-2)14-12-21)35-30(37)25(40-31(35)32-20)19-24-15-16-26(39-24)34-17-7-4-8-18-34/h3,5-6,9-16,19,28H,4,7-8,17-18H2,1-2H3,(H,33,36). The number of amides is 1. The van der Waals surface area contributed by atoms with Gasteiger partial charge < -0.3 is 19.4 Å². The number of hydrogen-bond acceptors (Lipinski definition) is 7. The lowest BCUT2D eigenvalue weighted by Gasteiger charge is -2.25. The molecule has 4 heterocycles. The van der Waals surface area contributed by atoms with Crippen LogP contribution >= 0.6 is 11.3 Å². The van der Waals surface area contributed by atoms with Crippen LogP contribution in [-0.2, 0) is 4.79 Å². The number of para-hydroxylation sites is 1. The van der Waals surface area contributed by atoms with Crippen molar-refractivity contribution in [3.05, 3.63) is 109 Å². The third-order valence-corrected chi connectivity index (χ3v) is 8.27. The van der Waals surface area contributed by atoms with Gasteiger partial charge in [-0.05, 0) is 62.1 Å². The van der Waals surface area contributed by atoms with Gasteiger partial charge in [-0.1, -0.05) is 41.7 Å². The topological polar surface area (TPSA) is 89.1 Å². The molecule has 9 heteroatoms. The van der Waals surface area contributed by atoms with Gasteiger partial charge in [0, 0.05) is 30.9 Å². The predicted molar refractivity (Wildman–Crippen MR) is 157 cm³/mol. The molecular formula is C31H30N4O4S. The molecule has 1 saturated heterocycles. The van der Waals surface area contributed by atoms with Crippen molar-refractivity contribution in [1.82, 2.24) is 4.57 Å². The van der Waals surface area contributed by atoms with Crippen LogP contribution in [0.1, 0.15) is 43.6 Å². The van der Waals surface area contributed by atoms with Gasteiger partial charge in [-0.3, -0.25) is 14.2 Å². The van der Waals surface area contributed by atoms with E-state index in [0.29, 0.717) is 37.8 Å². The molecule has 1 unspecified atom stereocenters. The Morgan fingerprint density at radius 1 is 1.05 bits per heavy atom. The van der Waals surface area contributed by atoms with Crippen LogP contribution in [-0.4, -0.2) is 30.7 Å². The van der Waals surface area contributed by atoms with Gasteiger partial charge in [-0.2, -0.15) is 0 Å². The predicted octanol–water partition coefficient (Wildman–Crippen LogP) is 4.47. The molecule has 6 rings (SSSR count). The van der Waals surface area contributed by atoms with Crippen LogP contribution in [0.25, 0.3) is 6.08 Å². The number of nitrogens with zero attached hydrogens (tertiary/aromatic N) is 3. The smallest absolute Gasteiger partial charge is 0.271 e. The summed E-state index contributed by atoms with van der Waals surface area (Å²) < 4.78 is 13.6. The summed E-state index contributed by atoms with van der Waals surface area (Å²) >= 11 is 1.29. The third-order valence-electron chi connectivity index (χ3n) is 7.28. The first kappa shape index (κ1) is 25.9. The van der Waals surface area contributed by atoms with Gasteiger partial charge in [-0.25, -0.2) is 4.99 Å². The van der Waals surface area contributed by atoms with E-state index in [1.165, 1.54) is 17.8 Å². The van der Waals surface area contributed by atoms with E-state index in [1.807, 2.05) is 73.7 Å². The van der Waals surface area contributed by atoms with E-state index in [9.17, 15) is 9.59 Å². The maximum atomic E-state index is 13.9. The second-order valence-corrected chi connectivity index (χ2v) is 10.9. The van der Waals surface area contributed by atoms with Crippen molar-refractivity contribution in [3.8, 4) is 5.75 Å². The van der Waals surface area contributed by atoms with Crippen molar-refractivity contribution in [2.45, 2.75) is 32.2 Å². The van der Waals surface area contributed by atoms with Crippen molar-refractivity contribution in [2.24, 2.45) is 4.99 Å². The SMILES string of the molecule is COc1ccc(C2C(C(=O)Nc3ccccc3)=C(C)N=c3sc(=Cc4ccc(N5CCCCC5)o4)c(=O)n32)cc1. The fourth-order valence-corrected chi connectivity index (χ4v) is 6.29. The molecule has 1 N–H and O–H groups in total. The zero-order chi connectivity index (χ0) is 27.6. The molecule has 0 spiro atoms. The third kappa shape index (κ3) is 5.00. The number of benzene rings is 2. The van der Waals surface area contributed by atoms with Crippen LogP contribution in [0.2, 0.25) is 0 Å². The average molecular weight is 555 g/mol. The molecular weight excluding hydrogens is 524 g/mol. The number of hydrogen-bond donors (Lipinski definition) is 1. The number of piperidine rings is 1. The van der Waals surface area contributed by atoms with E-state index < -0.39 is 6.04 Å². The highest BCUT2D eigenvalue weighted by atomic mass is 32.1. The quantitative estimate of drug-likeness (QED) is 0.380. The van der Waals surface area contributed by atoms with Gasteiger partial charge in [-0.15, -0.1) is 0 Å². The summed E-state index contributed by atoms with van der Waals surface area (Å²) in [4.78, 5) is 35.1. The van der Waals surface area contributed by atoms with E-state index in [4.69, 9.17) is 14.1 Å². The number of rotatable bonds is 6. The Hall–Kier alpha value is -4.37. The first-order chi connectivity index (χ1) is 19.5. The Morgan fingerprint density at radius 3 is 2.52 bits per heavy atom. The van der Waals surface area contributed by atoms with Crippen LogP contribution in [0.5, 0.6) is 5.75 Å². The Bertz CT molecular complexity index is 1740. The van der Waals surface area contributed by atoms with Crippen LogP contribution in [0.15, 0.2) is 92.2 Å². The molecule has 2 aliphatic heterocycles. The first-order valence-corrected chi connectivity index (χ1v) is 14.2. The van der Waals surface area contributed by atoms with Gasteiger partial charge in [0.25, 0.3) is 11.5 Å². The molecule has 1 fully saturated rings. The maximum absolute atomic E-state index is 13.9. The monoisotopic (exact) mass is 554 g/mol. The minimum atomic E-state index is -0.659.